The minimum atomic E-state index is -4.02. The first-order chi connectivity index (χ1) is 18.9. The van der Waals surface area contributed by atoms with Crippen molar-refractivity contribution in [2.75, 3.05) is 37.9 Å². The topological polar surface area (TPSA) is 110 Å². The summed E-state index contributed by atoms with van der Waals surface area (Å²) < 4.78 is 38.2. The summed E-state index contributed by atoms with van der Waals surface area (Å²) in [6, 6.07) is 22.0. The standard InChI is InChI=1S/C29H27N5O4S/c1-20-6-9-22(10-7-20)39(35,36)27(17-30)28-29(32-24-5-3-2-4-23(24)31-28)34-14-12-33(13-15-34)18-21-8-11-25-26(16-21)38-19-37-25/h2-11,16,27H,12-15,18-19H2,1H3/p+1/t27-/m1/s1. The average Bonchev–Trinajstić information content (AvgIpc) is 3.42. The Morgan fingerprint density at radius 2 is 1.67 bits per heavy atom. The molecule has 39 heavy (non-hydrogen) atoms. The normalized spacial score (nSPS) is 16.3. The van der Waals surface area contributed by atoms with Gasteiger partial charge in [-0.15, -0.1) is 0 Å². The van der Waals surface area contributed by atoms with Gasteiger partial charge in [0.25, 0.3) is 0 Å². The molecule has 10 heteroatoms. The van der Waals surface area contributed by atoms with Crippen molar-refractivity contribution in [2.45, 2.75) is 23.6 Å². The third-order valence-electron chi connectivity index (χ3n) is 7.26. The lowest BCUT2D eigenvalue weighted by Crippen LogP contribution is -3.13. The van der Waals surface area contributed by atoms with Crippen LogP contribution in [0.1, 0.15) is 22.1 Å². The van der Waals surface area contributed by atoms with Crippen LogP contribution < -0.4 is 19.3 Å². The van der Waals surface area contributed by atoms with Crippen LogP contribution >= 0.6 is 0 Å². The van der Waals surface area contributed by atoms with Crippen LogP contribution in [-0.2, 0) is 16.4 Å². The molecule has 0 saturated carbocycles. The quantitative estimate of drug-likeness (QED) is 0.396. The van der Waals surface area contributed by atoms with Gasteiger partial charge in [-0.2, -0.15) is 5.26 Å². The summed E-state index contributed by atoms with van der Waals surface area (Å²) in [6.45, 7) is 5.94. The lowest BCUT2D eigenvalue weighted by Gasteiger charge is -2.34. The van der Waals surface area contributed by atoms with Gasteiger partial charge in [0.1, 0.15) is 12.2 Å². The van der Waals surface area contributed by atoms with Gasteiger partial charge in [-0.25, -0.2) is 18.4 Å². The number of benzene rings is 3. The van der Waals surface area contributed by atoms with Gasteiger partial charge in [-0.05, 0) is 49.4 Å². The molecule has 3 heterocycles. The van der Waals surface area contributed by atoms with Crippen molar-refractivity contribution in [2.24, 2.45) is 0 Å². The van der Waals surface area contributed by atoms with E-state index in [0.717, 1.165) is 36.7 Å². The molecule has 0 aliphatic carbocycles. The molecule has 6 rings (SSSR count). The number of fused-ring (bicyclic) bond motifs is 2. The molecule has 1 saturated heterocycles. The molecule has 2 aliphatic heterocycles. The zero-order valence-corrected chi connectivity index (χ0v) is 22.3. The number of ether oxygens (including phenoxy) is 2. The van der Waals surface area contributed by atoms with Gasteiger partial charge in [0.05, 0.1) is 48.2 Å². The van der Waals surface area contributed by atoms with Crippen LogP contribution in [0.4, 0.5) is 5.82 Å². The molecule has 0 radical (unpaired) electrons. The number of aryl methyl sites for hydroxylation is 1. The summed E-state index contributed by atoms with van der Waals surface area (Å²) in [7, 11) is -4.02. The number of piperazine rings is 1. The second-order valence-electron chi connectivity index (χ2n) is 9.89. The summed E-state index contributed by atoms with van der Waals surface area (Å²) in [5.74, 6) is 2.01. The SMILES string of the molecule is Cc1ccc(S(=O)(=O)[C@H](C#N)c2nc3ccccc3nc2N2CC[NH+](Cc3ccc4c(c3)OCO4)CC2)cc1. The highest BCUT2D eigenvalue weighted by molar-refractivity contribution is 7.92. The van der Waals surface area contributed by atoms with E-state index in [1.54, 1.807) is 30.3 Å². The maximum atomic E-state index is 13.7. The molecular weight excluding hydrogens is 514 g/mol. The van der Waals surface area contributed by atoms with Gasteiger partial charge < -0.3 is 19.3 Å². The number of nitrogens with one attached hydrogen (secondary N) is 1. The Morgan fingerprint density at radius 3 is 2.38 bits per heavy atom. The molecule has 3 aromatic carbocycles. The second-order valence-corrected chi connectivity index (χ2v) is 11.9. The van der Waals surface area contributed by atoms with Crippen molar-refractivity contribution < 1.29 is 22.8 Å². The van der Waals surface area contributed by atoms with Crippen LogP contribution in [0.5, 0.6) is 11.5 Å². The van der Waals surface area contributed by atoms with Crippen molar-refractivity contribution in [3.8, 4) is 17.6 Å². The Hall–Kier alpha value is -4.20. The first-order valence-electron chi connectivity index (χ1n) is 12.9. The van der Waals surface area contributed by atoms with E-state index in [1.165, 1.54) is 10.5 Å². The molecule has 198 valence electrons. The average molecular weight is 543 g/mol. The maximum absolute atomic E-state index is 13.7. The van der Waals surface area contributed by atoms with Crippen LogP contribution in [0.3, 0.4) is 0 Å². The maximum Gasteiger partial charge on any atom is 0.231 e. The Bertz CT molecular complexity index is 1680. The van der Waals surface area contributed by atoms with E-state index in [9.17, 15) is 13.7 Å². The van der Waals surface area contributed by atoms with Gasteiger partial charge in [0, 0.05) is 5.56 Å². The summed E-state index contributed by atoms with van der Waals surface area (Å²) in [5, 5.41) is 8.68. The molecule has 2 aliphatic rings. The van der Waals surface area contributed by atoms with Crippen LogP contribution in [0, 0.1) is 18.3 Å². The summed E-state index contributed by atoms with van der Waals surface area (Å²) in [4.78, 5) is 13.1. The van der Waals surface area contributed by atoms with Crippen molar-refractivity contribution in [1.29, 1.82) is 5.26 Å². The first-order valence-corrected chi connectivity index (χ1v) is 14.4. The molecule has 0 bridgehead atoms. The molecule has 0 amide bonds. The number of sulfone groups is 1. The van der Waals surface area contributed by atoms with Gasteiger partial charge in [0.15, 0.2) is 22.6 Å². The molecule has 1 fully saturated rings. The Labute approximate surface area is 227 Å². The zero-order chi connectivity index (χ0) is 27.0. The predicted molar refractivity (Wildman–Crippen MR) is 145 cm³/mol. The van der Waals surface area contributed by atoms with Crippen molar-refractivity contribution in [3.63, 3.8) is 0 Å². The first kappa shape index (κ1) is 25.1. The minimum Gasteiger partial charge on any atom is -0.454 e. The fourth-order valence-corrected chi connectivity index (χ4v) is 6.48. The van der Waals surface area contributed by atoms with E-state index in [2.05, 4.69) is 11.0 Å². The summed E-state index contributed by atoms with van der Waals surface area (Å²) in [6.07, 6.45) is 0. The third-order valence-corrected chi connectivity index (χ3v) is 9.14. The lowest BCUT2D eigenvalue weighted by atomic mass is 10.1. The molecule has 1 N–H and O–H groups in total. The van der Waals surface area contributed by atoms with Crippen molar-refractivity contribution >= 4 is 26.7 Å². The van der Waals surface area contributed by atoms with Gasteiger partial charge in [0.2, 0.25) is 16.6 Å². The zero-order valence-electron chi connectivity index (χ0n) is 21.5. The predicted octanol–water partition coefficient (Wildman–Crippen LogP) is 2.61. The number of anilines is 1. The van der Waals surface area contributed by atoms with E-state index in [4.69, 9.17) is 19.4 Å². The van der Waals surface area contributed by atoms with Gasteiger partial charge in [-0.3, -0.25) is 0 Å². The largest absolute Gasteiger partial charge is 0.454 e. The third kappa shape index (κ3) is 4.87. The molecule has 9 nitrogen and oxygen atoms in total. The fraction of sp³-hybridized carbons (Fsp3) is 0.276. The second kappa shape index (κ2) is 10.2. The monoisotopic (exact) mass is 542 g/mol. The smallest absolute Gasteiger partial charge is 0.231 e. The van der Waals surface area contributed by atoms with E-state index in [1.807, 2.05) is 43.3 Å². The van der Waals surface area contributed by atoms with Crippen LogP contribution in [0.2, 0.25) is 0 Å². The number of rotatable bonds is 6. The van der Waals surface area contributed by atoms with Crippen molar-refractivity contribution in [3.05, 3.63) is 83.6 Å². The number of aromatic nitrogens is 2. The van der Waals surface area contributed by atoms with Crippen LogP contribution in [0.15, 0.2) is 71.6 Å². The molecule has 0 unspecified atom stereocenters. The fourth-order valence-electron chi connectivity index (χ4n) is 5.11. The molecule has 1 atom stereocenters. The summed E-state index contributed by atoms with van der Waals surface area (Å²) in [5.41, 5.74) is 3.51. The van der Waals surface area contributed by atoms with Gasteiger partial charge in [-0.1, -0.05) is 29.8 Å². The Kier molecular flexibility index (Phi) is 6.54. The van der Waals surface area contributed by atoms with E-state index in [-0.39, 0.29) is 17.4 Å². The van der Waals surface area contributed by atoms with Crippen LogP contribution in [-0.4, -0.2) is 51.4 Å². The number of para-hydroxylation sites is 2. The van der Waals surface area contributed by atoms with Crippen LogP contribution in [0.25, 0.3) is 11.0 Å². The number of hydrogen-bond donors (Lipinski definition) is 1. The Morgan fingerprint density at radius 1 is 0.974 bits per heavy atom. The summed E-state index contributed by atoms with van der Waals surface area (Å²) >= 11 is 0. The number of nitriles is 1. The highest BCUT2D eigenvalue weighted by Crippen LogP contribution is 2.34. The molecule has 1 aromatic heterocycles. The number of hydrogen-bond acceptors (Lipinski definition) is 8. The van der Waals surface area contributed by atoms with E-state index in [0.29, 0.717) is 29.9 Å². The highest BCUT2D eigenvalue weighted by Gasteiger charge is 2.36. The number of nitrogens with zero attached hydrogens (tertiary/aromatic N) is 4. The molecule has 0 spiro atoms. The molecule has 4 aromatic rings. The lowest BCUT2D eigenvalue weighted by molar-refractivity contribution is -0.914. The van der Waals surface area contributed by atoms with Crippen molar-refractivity contribution in [1.82, 2.24) is 9.97 Å². The number of quaternary nitrogens is 1. The highest BCUT2D eigenvalue weighted by atomic mass is 32.2. The van der Waals surface area contributed by atoms with E-state index >= 15 is 0 Å². The minimum absolute atomic E-state index is 0.0959. The Balaban J connectivity index is 1.29. The van der Waals surface area contributed by atoms with Gasteiger partial charge >= 0.3 is 0 Å². The van der Waals surface area contributed by atoms with E-state index < -0.39 is 15.1 Å². The molecular formula is C29H28N5O4S+.